The maximum absolute atomic E-state index is 11.9. The number of carbonyl (C=O) groups excluding carboxylic acids is 1. The zero-order valence-corrected chi connectivity index (χ0v) is 15.8. The first-order chi connectivity index (χ1) is 13.1. The number of nitrogens with one attached hydrogen (secondary N) is 2. The molecule has 7 nitrogen and oxygen atoms in total. The number of aromatic amines is 1. The van der Waals surface area contributed by atoms with Crippen LogP contribution in [-0.4, -0.2) is 21.1 Å². The van der Waals surface area contributed by atoms with Crippen LogP contribution in [0.4, 0.5) is 5.69 Å². The van der Waals surface area contributed by atoms with Crippen LogP contribution >= 0.6 is 11.8 Å². The third-order valence-corrected chi connectivity index (χ3v) is 5.63. The molecule has 1 aliphatic carbocycles. The number of nitrogens with zero attached hydrogens (tertiary/aromatic N) is 2. The predicted molar refractivity (Wildman–Crippen MR) is 104 cm³/mol. The van der Waals surface area contributed by atoms with Crippen LogP contribution in [0, 0.1) is 0 Å². The predicted octanol–water partition coefficient (Wildman–Crippen LogP) is 3.82. The zero-order valence-electron chi connectivity index (χ0n) is 14.9. The molecule has 4 rings (SSSR count). The molecule has 1 saturated carbocycles. The van der Waals surface area contributed by atoms with Crippen LogP contribution in [0.2, 0.25) is 0 Å². The number of rotatable bonds is 5. The van der Waals surface area contributed by atoms with Crippen LogP contribution in [-0.2, 0) is 10.5 Å². The molecule has 1 aliphatic rings. The van der Waals surface area contributed by atoms with Gasteiger partial charge in [0.25, 0.3) is 0 Å². The molecular formula is C19H20N4O3S. The number of aromatic nitrogens is 3. The van der Waals surface area contributed by atoms with E-state index in [1.165, 1.54) is 50.4 Å². The summed E-state index contributed by atoms with van der Waals surface area (Å²) >= 11 is 1.49. The van der Waals surface area contributed by atoms with Crippen LogP contribution in [0.25, 0.3) is 11.0 Å². The van der Waals surface area contributed by atoms with Crippen LogP contribution in [0.5, 0.6) is 0 Å². The zero-order chi connectivity index (χ0) is 18.8. The van der Waals surface area contributed by atoms with Gasteiger partial charge in [-0.1, -0.05) is 24.6 Å². The molecule has 1 aromatic carbocycles. The number of amides is 1. The van der Waals surface area contributed by atoms with Gasteiger partial charge < -0.3 is 9.73 Å². The maximum atomic E-state index is 11.9. The fraction of sp³-hybridized carbons (Fsp3) is 0.368. The summed E-state index contributed by atoms with van der Waals surface area (Å²) in [6, 6.07) is 6.81. The van der Waals surface area contributed by atoms with E-state index in [1.54, 1.807) is 12.1 Å². The number of carbonyl (C=O) groups is 1. The summed E-state index contributed by atoms with van der Waals surface area (Å²) in [5.74, 6) is 1.84. The second-order valence-electron chi connectivity index (χ2n) is 6.76. The highest BCUT2D eigenvalue weighted by atomic mass is 32.2. The number of benzene rings is 1. The second kappa shape index (κ2) is 7.56. The molecule has 0 unspecified atom stereocenters. The van der Waals surface area contributed by atoms with Gasteiger partial charge in [0, 0.05) is 41.8 Å². The van der Waals surface area contributed by atoms with Gasteiger partial charge in [-0.3, -0.25) is 9.89 Å². The lowest BCUT2D eigenvalue weighted by Gasteiger charge is -2.07. The van der Waals surface area contributed by atoms with E-state index >= 15 is 0 Å². The number of anilines is 1. The number of hydrogen-bond donors (Lipinski definition) is 2. The van der Waals surface area contributed by atoms with E-state index in [4.69, 9.17) is 4.42 Å². The van der Waals surface area contributed by atoms with Gasteiger partial charge in [0.05, 0.1) is 0 Å². The minimum absolute atomic E-state index is 0.175. The van der Waals surface area contributed by atoms with Crippen molar-refractivity contribution >= 4 is 34.3 Å². The van der Waals surface area contributed by atoms with Crippen molar-refractivity contribution in [3.8, 4) is 0 Å². The molecule has 1 fully saturated rings. The normalized spacial score (nSPS) is 14.7. The van der Waals surface area contributed by atoms with E-state index < -0.39 is 5.63 Å². The summed E-state index contributed by atoms with van der Waals surface area (Å²) in [7, 11) is 0. The number of hydrogen-bond acceptors (Lipinski definition) is 6. The highest BCUT2D eigenvalue weighted by Gasteiger charge is 2.20. The largest absolute Gasteiger partial charge is 0.423 e. The minimum atomic E-state index is -0.417. The number of H-pyrrole nitrogens is 1. The smallest absolute Gasteiger partial charge is 0.336 e. The fourth-order valence-electron chi connectivity index (χ4n) is 3.48. The highest BCUT2D eigenvalue weighted by molar-refractivity contribution is 7.98. The molecular weight excluding hydrogens is 364 g/mol. The summed E-state index contributed by atoms with van der Waals surface area (Å²) in [5.41, 5.74) is 1.48. The number of thioether (sulfide) groups is 1. The van der Waals surface area contributed by atoms with Crippen LogP contribution in [0.15, 0.2) is 38.6 Å². The lowest BCUT2D eigenvalue weighted by atomic mass is 10.1. The average Bonchev–Trinajstić information content (AvgIpc) is 3.30. The Bertz CT molecular complexity index is 1040. The lowest BCUT2D eigenvalue weighted by molar-refractivity contribution is -0.114. The Labute approximate surface area is 160 Å². The Morgan fingerprint density at radius 3 is 2.93 bits per heavy atom. The monoisotopic (exact) mass is 384 g/mol. The van der Waals surface area contributed by atoms with Gasteiger partial charge in [-0.25, -0.2) is 9.78 Å². The summed E-state index contributed by atoms with van der Waals surface area (Å²) in [5, 5.41) is 11.6. The van der Waals surface area contributed by atoms with Gasteiger partial charge in [0.2, 0.25) is 11.1 Å². The standard InChI is InChI=1S/C19H20N4O3S/c1-11(24)20-14-6-7-15-13(8-17(25)26-16(15)9-14)10-27-19-21-18(22-23-19)12-4-2-3-5-12/h6-9,12H,2-5,10H2,1H3,(H,20,24)(H,21,22,23). The van der Waals surface area contributed by atoms with Crippen molar-refractivity contribution < 1.29 is 9.21 Å². The molecule has 3 aromatic rings. The van der Waals surface area contributed by atoms with E-state index in [0.717, 1.165) is 16.8 Å². The second-order valence-corrected chi connectivity index (χ2v) is 7.70. The molecule has 0 radical (unpaired) electrons. The maximum Gasteiger partial charge on any atom is 0.336 e. The average molecular weight is 384 g/mol. The SMILES string of the molecule is CC(=O)Nc1ccc2c(CSc3n[nH]c(C4CCCC4)n3)cc(=O)oc2c1. The van der Waals surface area contributed by atoms with Gasteiger partial charge in [0.15, 0.2) is 0 Å². The van der Waals surface area contributed by atoms with Crippen molar-refractivity contribution in [1.82, 2.24) is 15.2 Å². The Balaban J connectivity index is 1.54. The van der Waals surface area contributed by atoms with Crippen LogP contribution in [0.3, 0.4) is 0 Å². The van der Waals surface area contributed by atoms with Crippen LogP contribution in [0.1, 0.15) is 49.9 Å². The third kappa shape index (κ3) is 4.05. The molecule has 2 N–H and O–H groups in total. The topological polar surface area (TPSA) is 101 Å². The molecule has 1 amide bonds. The van der Waals surface area contributed by atoms with Crippen molar-refractivity contribution in [3.05, 3.63) is 46.1 Å². The van der Waals surface area contributed by atoms with E-state index in [1.807, 2.05) is 6.07 Å². The van der Waals surface area contributed by atoms with Gasteiger partial charge in [-0.2, -0.15) is 0 Å². The summed E-state index contributed by atoms with van der Waals surface area (Å²) < 4.78 is 5.29. The Morgan fingerprint density at radius 2 is 2.15 bits per heavy atom. The van der Waals surface area contributed by atoms with Gasteiger partial charge >= 0.3 is 5.63 Å². The van der Waals surface area contributed by atoms with Crippen molar-refractivity contribution in [2.45, 2.75) is 49.4 Å². The molecule has 140 valence electrons. The van der Waals surface area contributed by atoms with E-state index in [9.17, 15) is 9.59 Å². The molecule has 27 heavy (non-hydrogen) atoms. The van der Waals surface area contributed by atoms with Gasteiger partial charge in [-0.15, -0.1) is 5.10 Å². The first-order valence-corrected chi connectivity index (χ1v) is 9.96. The molecule has 0 bridgehead atoms. The van der Waals surface area contributed by atoms with Crippen molar-refractivity contribution in [3.63, 3.8) is 0 Å². The minimum Gasteiger partial charge on any atom is -0.423 e. The number of fused-ring (bicyclic) bond motifs is 1. The van der Waals surface area contributed by atoms with Crippen molar-refractivity contribution in [1.29, 1.82) is 0 Å². The van der Waals surface area contributed by atoms with Gasteiger partial charge in [0.1, 0.15) is 11.4 Å². The molecule has 0 atom stereocenters. The van der Waals surface area contributed by atoms with Crippen molar-refractivity contribution in [2.24, 2.45) is 0 Å². The van der Waals surface area contributed by atoms with E-state index in [-0.39, 0.29) is 5.91 Å². The summed E-state index contributed by atoms with van der Waals surface area (Å²) in [4.78, 5) is 27.7. The molecule has 0 aliphatic heterocycles. The van der Waals surface area contributed by atoms with E-state index in [0.29, 0.717) is 28.1 Å². The van der Waals surface area contributed by atoms with Gasteiger partial charge in [-0.05, 0) is 30.5 Å². The summed E-state index contributed by atoms with van der Waals surface area (Å²) in [6.45, 7) is 1.43. The Morgan fingerprint density at radius 1 is 1.33 bits per heavy atom. The lowest BCUT2D eigenvalue weighted by Crippen LogP contribution is -2.06. The Hall–Kier alpha value is -2.61. The first-order valence-electron chi connectivity index (χ1n) is 8.98. The third-order valence-electron chi connectivity index (χ3n) is 4.73. The van der Waals surface area contributed by atoms with Crippen LogP contribution < -0.4 is 10.9 Å². The van der Waals surface area contributed by atoms with Crippen molar-refractivity contribution in [2.75, 3.05) is 5.32 Å². The molecule has 2 aromatic heterocycles. The molecule has 0 spiro atoms. The molecule has 2 heterocycles. The molecule has 0 saturated heterocycles. The molecule has 8 heteroatoms. The Kier molecular flexibility index (Phi) is 4.98. The fourth-order valence-corrected chi connectivity index (χ4v) is 4.27. The summed E-state index contributed by atoms with van der Waals surface area (Å²) in [6.07, 6.45) is 4.83. The highest BCUT2D eigenvalue weighted by Crippen LogP contribution is 2.33. The quantitative estimate of drug-likeness (QED) is 0.512. The first kappa shape index (κ1) is 17.8. The van der Waals surface area contributed by atoms with E-state index in [2.05, 4.69) is 20.5 Å².